The van der Waals surface area contributed by atoms with Gasteiger partial charge in [-0.1, -0.05) is 32.8 Å². The normalized spacial score (nSPS) is 17.3. The summed E-state index contributed by atoms with van der Waals surface area (Å²) in [5.74, 6) is -0.0818. The van der Waals surface area contributed by atoms with Crippen molar-refractivity contribution in [2.75, 3.05) is 36.0 Å². The molecule has 39 heavy (non-hydrogen) atoms. The van der Waals surface area contributed by atoms with Gasteiger partial charge in [-0.2, -0.15) is 9.97 Å². The lowest BCUT2D eigenvalue weighted by Gasteiger charge is -2.27. The Hall–Kier alpha value is -3.50. The molecule has 0 radical (unpaired) electrons. The minimum Gasteiger partial charge on any atom is -0.508 e. The number of carbonyl (C=O) groups excluding carboxylic acids is 1. The van der Waals surface area contributed by atoms with Crippen molar-refractivity contribution < 1.29 is 19.0 Å². The predicted octanol–water partition coefficient (Wildman–Crippen LogP) is 4.02. The Morgan fingerprint density at radius 2 is 1.87 bits per heavy atom. The number of rotatable bonds is 8. The number of hydrogen-bond acceptors (Lipinski definition) is 8. The highest BCUT2D eigenvalue weighted by molar-refractivity contribution is 6.16. The highest BCUT2D eigenvalue weighted by Crippen LogP contribution is 2.41. The van der Waals surface area contributed by atoms with Gasteiger partial charge in [0.05, 0.1) is 23.5 Å². The van der Waals surface area contributed by atoms with Crippen LogP contribution in [0.25, 0.3) is 10.8 Å². The molecule has 1 aromatic heterocycles. The van der Waals surface area contributed by atoms with E-state index in [0.29, 0.717) is 51.9 Å². The van der Waals surface area contributed by atoms with Crippen LogP contribution in [0, 0.1) is 5.82 Å². The molecule has 0 bridgehead atoms. The molecule has 0 spiro atoms. The van der Waals surface area contributed by atoms with Gasteiger partial charge in [-0.05, 0) is 48.8 Å². The van der Waals surface area contributed by atoms with Gasteiger partial charge in [0.2, 0.25) is 0 Å². The third kappa shape index (κ3) is 5.10. The van der Waals surface area contributed by atoms with Gasteiger partial charge in [-0.15, -0.1) is 0 Å². The van der Waals surface area contributed by atoms with Gasteiger partial charge in [-0.3, -0.25) is 4.79 Å². The molecule has 5 N–H and O–H groups in total. The lowest BCUT2D eigenvalue weighted by molar-refractivity contribution is 0.0997. The van der Waals surface area contributed by atoms with Crippen LogP contribution in [-0.4, -0.2) is 52.8 Å². The van der Waals surface area contributed by atoms with Gasteiger partial charge in [0.1, 0.15) is 29.6 Å². The molecule has 2 aromatic carbocycles. The zero-order valence-corrected chi connectivity index (χ0v) is 22.7. The predicted molar refractivity (Wildman–Crippen MR) is 150 cm³/mol. The van der Waals surface area contributed by atoms with Crippen LogP contribution in [0.5, 0.6) is 11.8 Å². The highest BCUT2D eigenvalue weighted by Gasteiger charge is 2.37. The number of hydrogen-bond donors (Lipinski definition) is 3. The van der Waals surface area contributed by atoms with E-state index in [-0.39, 0.29) is 43.2 Å². The average Bonchev–Trinajstić information content (AvgIpc) is 3.09. The van der Waals surface area contributed by atoms with Crippen molar-refractivity contribution in [3.8, 4) is 11.8 Å². The van der Waals surface area contributed by atoms with E-state index in [0.717, 1.165) is 38.8 Å². The summed E-state index contributed by atoms with van der Waals surface area (Å²) in [5, 5.41) is 11.8. The third-order valence-electron chi connectivity index (χ3n) is 7.99. The first-order chi connectivity index (χ1) is 18.8. The standard InChI is InChI=1S/C29H37FN6O3/c1-3-20-21(30)10-9-18-13-19(37)14-23(24(18)20)36-15-22-25(27(36)38)26(35-11-7-5-6-8-12-35)34-28(33-22)39-17-29(32,4-2)16-31/h9-10,13-14,37H,3-8,11-12,15-17,31-32H2,1-2H3. The summed E-state index contributed by atoms with van der Waals surface area (Å²) in [5.41, 5.74) is 13.4. The van der Waals surface area contributed by atoms with Crippen LogP contribution < -0.4 is 26.0 Å². The van der Waals surface area contributed by atoms with E-state index in [9.17, 15) is 14.3 Å². The second-order valence-electron chi connectivity index (χ2n) is 10.6. The zero-order valence-electron chi connectivity index (χ0n) is 22.7. The van der Waals surface area contributed by atoms with Crippen LogP contribution in [0.4, 0.5) is 15.9 Å². The van der Waals surface area contributed by atoms with E-state index < -0.39 is 5.54 Å². The highest BCUT2D eigenvalue weighted by atomic mass is 19.1. The van der Waals surface area contributed by atoms with E-state index in [1.807, 2.05) is 13.8 Å². The molecule has 0 aliphatic carbocycles. The molecule has 2 aliphatic rings. The minimum atomic E-state index is -0.714. The molecule has 1 fully saturated rings. The number of amides is 1. The third-order valence-corrected chi connectivity index (χ3v) is 7.99. The maximum Gasteiger partial charge on any atom is 0.318 e. The quantitative estimate of drug-likeness (QED) is 0.393. The molecule has 0 saturated carbocycles. The fourth-order valence-corrected chi connectivity index (χ4v) is 5.48. The fourth-order valence-electron chi connectivity index (χ4n) is 5.48. The SMILES string of the molecule is CCc1c(F)ccc2cc(O)cc(N3Cc4nc(OCC(N)(CC)CN)nc(N5CCCCCC5)c4C3=O)c12. The number of anilines is 2. The van der Waals surface area contributed by atoms with Crippen molar-refractivity contribution in [2.24, 2.45) is 11.5 Å². The number of ether oxygens (including phenoxy) is 1. The van der Waals surface area contributed by atoms with E-state index >= 15 is 0 Å². The van der Waals surface area contributed by atoms with Crippen molar-refractivity contribution in [1.29, 1.82) is 0 Å². The van der Waals surface area contributed by atoms with Crippen LogP contribution in [0.1, 0.15) is 67.6 Å². The molecule has 1 saturated heterocycles. The summed E-state index contributed by atoms with van der Waals surface area (Å²) in [4.78, 5) is 27.1. The van der Waals surface area contributed by atoms with Gasteiger partial charge < -0.3 is 31.1 Å². The van der Waals surface area contributed by atoms with Crippen LogP contribution in [0.15, 0.2) is 24.3 Å². The molecule has 5 rings (SSSR count). The summed E-state index contributed by atoms with van der Waals surface area (Å²) in [7, 11) is 0. The van der Waals surface area contributed by atoms with E-state index in [1.165, 1.54) is 12.1 Å². The van der Waals surface area contributed by atoms with Crippen LogP contribution in [0.3, 0.4) is 0 Å². The van der Waals surface area contributed by atoms with Crippen molar-refractivity contribution >= 4 is 28.2 Å². The van der Waals surface area contributed by atoms with Crippen molar-refractivity contribution in [1.82, 2.24) is 9.97 Å². The van der Waals surface area contributed by atoms with Gasteiger partial charge in [0.25, 0.3) is 5.91 Å². The number of aryl methyl sites for hydroxylation is 1. The van der Waals surface area contributed by atoms with E-state index in [4.69, 9.17) is 21.2 Å². The second-order valence-corrected chi connectivity index (χ2v) is 10.6. The van der Waals surface area contributed by atoms with Gasteiger partial charge >= 0.3 is 6.01 Å². The Labute approximate surface area is 228 Å². The number of aromatic hydroxyl groups is 1. The number of nitrogens with zero attached hydrogens (tertiary/aromatic N) is 4. The molecule has 2 aliphatic heterocycles. The maximum absolute atomic E-state index is 14.9. The summed E-state index contributed by atoms with van der Waals surface area (Å²) >= 11 is 0. The zero-order chi connectivity index (χ0) is 27.7. The van der Waals surface area contributed by atoms with Crippen molar-refractivity contribution in [2.45, 2.75) is 64.5 Å². The summed E-state index contributed by atoms with van der Waals surface area (Å²) in [6.45, 7) is 5.91. The Morgan fingerprint density at radius 3 is 2.54 bits per heavy atom. The number of halogens is 1. The lowest BCUT2D eigenvalue weighted by atomic mass is 9.99. The summed E-state index contributed by atoms with van der Waals surface area (Å²) in [6, 6.07) is 6.28. The molecule has 208 valence electrons. The maximum atomic E-state index is 14.9. The lowest BCUT2D eigenvalue weighted by Crippen LogP contribution is -2.51. The topological polar surface area (TPSA) is 131 Å². The van der Waals surface area contributed by atoms with E-state index in [1.54, 1.807) is 17.0 Å². The first-order valence-electron chi connectivity index (χ1n) is 13.8. The molecule has 1 atom stereocenters. The number of nitrogens with two attached hydrogens (primary N) is 2. The molecule has 3 aromatic rings. The van der Waals surface area contributed by atoms with Crippen LogP contribution in [-0.2, 0) is 13.0 Å². The minimum absolute atomic E-state index is 0.00148. The first-order valence-corrected chi connectivity index (χ1v) is 13.8. The van der Waals surface area contributed by atoms with Gasteiger partial charge in [0, 0.05) is 31.1 Å². The fraction of sp³-hybridized carbons (Fsp3) is 0.483. The van der Waals surface area contributed by atoms with Gasteiger partial charge in [-0.25, -0.2) is 4.39 Å². The van der Waals surface area contributed by atoms with Crippen molar-refractivity contribution in [3.05, 3.63) is 46.9 Å². The number of benzene rings is 2. The Balaban J connectivity index is 1.61. The Bertz CT molecular complexity index is 1390. The van der Waals surface area contributed by atoms with Crippen LogP contribution >= 0.6 is 0 Å². The molecule has 1 amide bonds. The first kappa shape index (κ1) is 27.1. The average molecular weight is 537 g/mol. The Morgan fingerprint density at radius 1 is 1.13 bits per heavy atom. The number of fused-ring (bicyclic) bond motifs is 2. The van der Waals surface area contributed by atoms with E-state index in [2.05, 4.69) is 9.88 Å². The summed E-state index contributed by atoms with van der Waals surface area (Å²) in [6.07, 6.45) is 5.30. The second kappa shape index (κ2) is 10.9. The molecular formula is C29H37FN6O3. The largest absolute Gasteiger partial charge is 0.508 e. The Kier molecular flexibility index (Phi) is 7.59. The van der Waals surface area contributed by atoms with Crippen molar-refractivity contribution in [3.63, 3.8) is 0 Å². The molecule has 3 heterocycles. The monoisotopic (exact) mass is 536 g/mol. The number of phenolic OH excluding ortho intramolecular Hbond substituents is 1. The molecule has 9 nitrogen and oxygen atoms in total. The van der Waals surface area contributed by atoms with Gasteiger partial charge in [0.15, 0.2) is 0 Å². The molecular weight excluding hydrogens is 499 g/mol. The number of aromatic nitrogens is 2. The molecule has 1 unspecified atom stereocenters. The smallest absolute Gasteiger partial charge is 0.318 e. The molecule has 10 heteroatoms. The number of phenols is 1. The summed E-state index contributed by atoms with van der Waals surface area (Å²) < 4.78 is 20.8. The number of carbonyl (C=O) groups is 1. The van der Waals surface area contributed by atoms with Crippen LogP contribution in [0.2, 0.25) is 0 Å².